The first-order chi connectivity index (χ1) is 6.34. The Morgan fingerprint density at radius 2 is 2.62 bits per heavy atom. The highest BCUT2D eigenvalue weighted by Crippen LogP contribution is 2.22. The summed E-state index contributed by atoms with van der Waals surface area (Å²) < 4.78 is 5.25. The van der Waals surface area contributed by atoms with Gasteiger partial charge in [0.25, 0.3) is 0 Å². The van der Waals surface area contributed by atoms with Gasteiger partial charge < -0.3 is 5.32 Å². The zero-order chi connectivity index (χ0) is 9.10. The van der Waals surface area contributed by atoms with E-state index in [1.807, 2.05) is 18.7 Å². The van der Waals surface area contributed by atoms with Gasteiger partial charge in [0.1, 0.15) is 5.82 Å². The number of thioether (sulfide) groups is 1. The summed E-state index contributed by atoms with van der Waals surface area (Å²) in [4.78, 5) is 4.31. The number of nitrogens with one attached hydrogen (secondary N) is 1. The highest BCUT2D eigenvalue weighted by Gasteiger charge is 2.14. The molecule has 0 aromatic carbocycles. The van der Waals surface area contributed by atoms with Crippen LogP contribution in [0.2, 0.25) is 0 Å². The fourth-order valence-corrected chi connectivity index (χ4v) is 3.18. The van der Waals surface area contributed by atoms with E-state index in [0.29, 0.717) is 6.04 Å². The quantitative estimate of drug-likeness (QED) is 0.779. The number of aryl methyl sites for hydroxylation is 1. The maximum Gasteiger partial charge on any atom is 0.170 e. The molecule has 0 amide bonds. The van der Waals surface area contributed by atoms with Crippen LogP contribution in [0.3, 0.4) is 0 Å². The summed E-state index contributed by atoms with van der Waals surface area (Å²) in [5, 5.41) is 3.47. The van der Waals surface area contributed by atoms with Crippen molar-refractivity contribution in [3.8, 4) is 0 Å². The van der Waals surface area contributed by atoms with E-state index in [2.05, 4.69) is 14.7 Å². The fourth-order valence-electron chi connectivity index (χ4n) is 1.41. The molecule has 1 N–H and O–H groups in total. The molecule has 1 aromatic rings. The highest BCUT2D eigenvalue weighted by molar-refractivity contribution is 8.00. The highest BCUT2D eigenvalue weighted by atomic mass is 32.2. The fraction of sp³-hybridized carbons (Fsp3) is 0.750. The molecule has 0 bridgehead atoms. The molecule has 0 aliphatic carbocycles. The van der Waals surface area contributed by atoms with Crippen LogP contribution >= 0.6 is 23.3 Å². The zero-order valence-electron chi connectivity index (χ0n) is 7.62. The summed E-state index contributed by atoms with van der Waals surface area (Å²) in [5.74, 6) is 2.03. The summed E-state index contributed by atoms with van der Waals surface area (Å²) in [6.07, 6.45) is 2.63. The van der Waals surface area contributed by atoms with Gasteiger partial charge in [-0.2, -0.15) is 4.37 Å². The van der Waals surface area contributed by atoms with Gasteiger partial charge in [-0.3, -0.25) is 0 Å². The second kappa shape index (κ2) is 4.39. The molecule has 1 aromatic heterocycles. The third-order valence-corrected chi connectivity index (χ3v) is 4.17. The molecule has 2 heterocycles. The molecule has 0 saturated carbocycles. The Kier molecular flexibility index (Phi) is 3.18. The summed E-state index contributed by atoms with van der Waals surface area (Å²) in [5.41, 5.74) is 0. The second-order valence-corrected chi connectivity index (χ2v) is 5.23. The van der Waals surface area contributed by atoms with Crippen LogP contribution in [-0.4, -0.2) is 27.7 Å². The largest absolute Gasteiger partial charge is 0.313 e. The van der Waals surface area contributed by atoms with Gasteiger partial charge in [0.05, 0.1) is 0 Å². The van der Waals surface area contributed by atoms with Crippen LogP contribution in [0.5, 0.6) is 0 Å². The lowest BCUT2D eigenvalue weighted by atomic mass is 10.3. The Hall–Kier alpha value is -0.130. The van der Waals surface area contributed by atoms with Gasteiger partial charge in [-0.1, -0.05) is 11.8 Å². The Morgan fingerprint density at radius 3 is 3.23 bits per heavy atom. The molecular weight excluding hydrogens is 202 g/mol. The van der Waals surface area contributed by atoms with Crippen molar-refractivity contribution in [2.75, 3.05) is 12.3 Å². The van der Waals surface area contributed by atoms with Crippen molar-refractivity contribution in [3.05, 3.63) is 5.82 Å². The second-order valence-electron chi connectivity index (χ2n) is 3.21. The van der Waals surface area contributed by atoms with E-state index < -0.39 is 0 Å². The van der Waals surface area contributed by atoms with Gasteiger partial charge in [-0.25, -0.2) is 4.98 Å². The van der Waals surface area contributed by atoms with E-state index in [9.17, 15) is 0 Å². The number of nitrogens with zero attached hydrogens (tertiary/aromatic N) is 2. The molecular formula is C8H13N3S2. The summed E-state index contributed by atoms with van der Waals surface area (Å²) in [7, 11) is 0. The molecule has 2 rings (SSSR count). The lowest BCUT2D eigenvalue weighted by molar-refractivity contribution is 0.674. The SMILES string of the molecule is Cc1nsc(SC[C@@H]2CCCN2)n1. The monoisotopic (exact) mass is 215 g/mol. The van der Waals surface area contributed by atoms with Crippen LogP contribution < -0.4 is 5.32 Å². The lowest BCUT2D eigenvalue weighted by Gasteiger charge is -2.06. The number of hydrogen-bond acceptors (Lipinski definition) is 5. The van der Waals surface area contributed by atoms with Crippen molar-refractivity contribution in [3.63, 3.8) is 0 Å². The standard InChI is InChI=1S/C8H13N3S2/c1-6-10-8(13-11-6)12-5-7-3-2-4-9-7/h7,9H,2-5H2,1H3/t7-/m0/s1. The van der Waals surface area contributed by atoms with E-state index in [-0.39, 0.29) is 0 Å². The molecule has 1 fully saturated rings. The van der Waals surface area contributed by atoms with Crippen LogP contribution in [0.1, 0.15) is 18.7 Å². The lowest BCUT2D eigenvalue weighted by Crippen LogP contribution is -2.23. The number of aromatic nitrogens is 2. The molecule has 0 radical (unpaired) electrons. The maximum atomic E-state index is 4.31. The Balaban J connectivity index is 1.78. The first-order valence-electron chi connectivity index (χ1n) is 4.51. The van der Waals surface area contributed by atoms with Gasteiger partial charge in [0, 0.05) is 11.8 Å². The molecule has 0 spiro atoms. The van der Waals surface area contributed by atoms with Crippen LogP contribution in [-0.2, 0) is 0 Å². The summed E-state index contributed by atoms with van der Waals surface area (Å²) in [6, 6.07) is 0.689. The van der Waals surface area contributed by atoms with Crippen LogP contribution in [0.15, 0.2) is 4.34 Å². The van der Waals surface area contributed by atoms with Crippen LogP contribution in [0, 0.1) is 6.92 Å². The molecule has 1 aliphatic heterocycles. The van der Waals surface area contributed by atoms with E-state index in [1.54, 1.807) is 0 Å². The summed E-state index contributed by atoms with van der Waals surface area (Å²) >= 11 is 3.33. The molecule has 1 saturated heterocycles. The molecule has 13 heavy (non-hydrogen) atoms. The topological polar surface area (TPSA) is 37.8 Å². The van der Waals surface area contributed by atoms with E-state index in [1.165, 1.54) is 30.9 Å². The van der Waals surface area contributed by atoms with Gasteiger partial charge in [-0.15, -0.1) is 0 Å². The van der Waals surface area contributed by atoms with Crippen molar-refractivity contribution >= 4 is 23.3 Å². The van der Waals surface area contributed by atoms with Crippen molar-refractivity contribution in [2.24, 2.45) is 0 Å². The molecule has 3 nitrogen and oxygen atoms in total. The van der Waals surface area contributed by atoms with Crippen molar-refractivity contribution in [2.45, 2.75) is 30.1 Å². The Bertz CT molecular complexity index is 268. The maximum absolute atomic E-state index is 4.31. The van der Waals surface area contributed by atoms with Gasteiger partial charge >= 0.3 is 0 Å². The van der Waals surface area contributed by atoms with Crippen molar-refractivity contribution < 1.29 is 0 Å². The minimum atomic E-state index is 0.689. The Morgan fingerprint density at radius 1 is 1.69 bits per heavy atom. The minimum Gasteiger partial charge on any atom is -0.313 e. The Labute approximate surface area is 86.5 Å². The molecule has 72 valence electrons. The average Bonchev–Trinajstić information content (AvgIpc) is 2.71. The normalized spacial score (nSPS) is 22.4. The average molecular weight is 215 g/mol. The van der Waals surface area contributed by atoms with Crippen LogP contribution in [0.25, 0.3) is 0 Å². The van der Waals surface area contributed by atoms with Gasteiger partial charge in [0.2, 0.25) is 0 Å². The van der Waals surface area contributed by atoms with Gasteiger partial charge in [0.15, 0.2) is 4.34 Å². The third-order valence-electron chi connectivity index (χ3n) is 2.08. The van der Waals surface area contributed by atoms with Crippen LogP contribution in [0.4, 0.5) is 0 Å². The predicted molar refractivity (Wildman–Crippen MR) is 56.4 cm³/mol. The molecule has 0 unspecified atom stereocenters. The molecule has 5 heteroatoms. The first kappa shape index (κ1) is 9.43. The van der Waals surface area contributed by atoms with E-state index >= 15 is 0 Å². The molecule has 1 aliphatic rings. The third kappa shape index (κ3) is 2.65. The number of hydrogen-bond donors (Lipinski definition) is 1. The first-order valence-corrected chi connectivity index (χ1v) is 6.27. The number of rotatable bonds is 3. The van der Waals surface area contributed by atoms with Gasteiger partial charge in [-0.05, 0) is 37.8 Å². The van der Waals surface area contributed by atoms with E-state index in [4.69, 9.17) is 0 Å². The van der Waals surface area contributed by atoms with E-state index in [0.717, 1.165) is 15.9 Å². The predicted octanol–water partition coefficient (Wildman–Crippen LogP) is 1.69. The minimum absolute atomic E-state index is 0.689. The molecule has 1 atom stereocenters. The smallest absolute Gasteiger partial charge is 0.170 e. The summed E-state index contributed by atoms with van der Waals surface area (Å²) in [6.45, 7) is 3.12. The zero-order valence-corrected chi connectivity index (χ0v) is 9.25. The van der Waals surface area contributed by atoms with Crippen molar-refractivity contribution in [1.82, 2.24) is 14.7 Å². The van der Waals surface area contributed by atoms with Crippen molar-refractivity contribution in [1.29, 1.82) is 0 Å².